The van der Waals surface area contributed by atoms with Crippen LogP contribution >= 0.6 is 0 Å². The number of anilines is 1. The van der Waals surface area contributed by atoms with Crippen LogP contribution in [0.1, 0.15) is 57.9 Å². The second-order valence-corrected chi connectivity index (χ2v) is 7.91. The van der Waals surface area contributed by atoms with Crippen molar-refractivity contribution in [1.29, 1.82) is 0 Å². The Labute approximate surface area is 150 Å². The van der Waals surface area contributed by atoms with Crippen molar-refractivity contribution in [2.75, 3.05) is 5.32 Å². The fraction of sp³-hybridized carbons (Fsp3) is 0.619. The standard InChI is InChI=1S/C21H30N2O2/c1-3-14(2)21(25)23-19-6-4-5-16(11-19)13-22-20(24)12-18-10-15-7-8-17(18)9-15/h4-6,11,14-15,17-18H,3,7-10,12-13H2,1-2H3,(H,22,24)(H,23,25)/t14-,15+,17+,18-/m1/s1. The van der Waals surface area contributed by atoms with Crippen molar-refractivity contribution in [3.63, 3.8) is 0 Å². The largest absolute Gasteiger partial charge is 0.352 e. The van der Waals surface area contributed by atoms with Crippen LogP contribution in [0.15, 0.2) is 24.3 Å². The van der Waals surface area contributed by atoms with Crippen molar-refractivity contribution < 1.29 is 9.59 Å². The Bertz CT molecular complexity index is 628. The highest BCUT2D eigenvalue weighted by molar-refractivity contribution is 5.92. The van der Waals surface area contributed by atoms with Crippen molar-refractivity contribution in [3.8, 4) is 0 Å². The second-order valence-electron chi connectivity index (χ2n) is 7.91. The van der Waals surface area contributed by atoms with Crippen LogP contribution in [0.3, 0.4) is 0 Å². The molecule has 2 aliphatic carbocycles. The smallest absolute Gasteiger partial charge is 0.227 e. The van der Waals surface area contributed by atoms with Crippen molar-refractivity contribution >= 4 is 17.5 Å². The summed E-state index contributed by atoms with van der Waals surface area (Å²) in [5.74, 6) is 2.47. The minimum atomic E-state index is 0.00472. The van der Waals surface area contributed by atoms with E-state index in [2.05, 4.69) is 10.6 Å². The molecular weight excluding hydrogens is 312 g/mol. The molecule has 2 fully saturated rings. The molecule has 4 atom stereocenters. The first-order valence-corrected chi connectivity index (χ1v) is 9.71. The van der Waals surface area contributed by atoms with E-state index in [1.807, 2.05) is 38.1 Å². The Morgan fingerprint density at radius 1 is 1.24 bits per heavy atom. The van der Waals surface area contributed by atoms with Gasteiger partial charge in [0.05, 0.1) is 0 Å². The van der Waals surface area contributed by atoms with Crippen LogP contribution in [0.4, 0.5) is 5.69 Å². The predicted molar refractivity (Wildman–Crippen MR) is 99.9 cm³/mol. The molecule has 3 rings (SSSR count). The lowest BCUT2D eigenvalue weighted by atomic mass is 9.86. The van der Waals surface area contributed by atoms with Gasteiger partial charge in [-0.1, -0.05) is 32.4 Å². The highest BCUT2D eigenvalue weighted by atomic mass is 16.2. The van der Waals surface area contributed by atoms with Crippen molar-refractivity contribution in [3.05, 3.63) is 29.8 Å². The molecule has 2 aliphatic rings. The SMILES string of the molecule is CC[C@@H](C)C(=O)Nc1cccc(CNC(=O)C[C@H]2C[C@H]3CC[C@H]2C3)c1. The molecule has 25 heavy (non-hydrogen) atoms. The highest BCUT2D eigenvalue weighted by Crippen LogP contribution is 2.49. The number of benzene rings is 1. The van der Waals surface area contributed by atoms with Gasteiger partial charge in [-0.3, -0.25) is 9.59 Å². The third kappa shape index (κ3) is 4.62. The molecule has 0 spiro atoms. The topological polar surface area (TPSA) is 58.2 Å². The molecule has 2 N–H and O–H groups in total. The molecule has 4 nitrogen and oxygen atoms in total. The predicted octanol–water partition coefficient (Wildman–Crippen LogP) is 4.11. The van der Waals surface area contributed by atoms with Crippen LogP contribution in [0.5, 0.6) is 0 Å². The summed E-state index contributed by atoms with van der Waals surface area (Å²) < 4.78 is 0. The molecule has 0 heterocycles. The molecule has 0 radical (unpaired) electrons. The van der Waals surface area contributed by atoms with Crippen LogP contribution in [0.2, 0.25) is 0 Å². The molecule has 1 aromatic carbocycles. The molecule has 2 saturated carbocycles. The van der Waals surface area contributed by atoms with Crippen LogP contribution in [-0.2, 0) is 16.1 Å². The Morgan fingerprint density at radius 2 is 2.08 bits per heavy atom. The van der Waals surface area contributed by atoms with Crippen LogP contribution in [-0.4, -0.2) is 11.8 Å². The summed E-state index contributed by atoms with van der Waals surface area (Å²) in [6.07, 6.45) is 6.78. The van der Waals surface area contributed by atoms with E-state index >= 15 is 0 Å². The Hall–Kier alpha value is -1.84. The number of carbonyl (C=O) groups is 2. The number of hydrogen-bond acceptors (Lipinski definition) is 2. The van der Waals surface area contributed by atoms with Gasteiger partial charge in [-0.05, 0) is 61.1 Å². The van der Waals surface area contributed by atoms with E-state index in [4.69, 9.17) is 0 Å². The van der Waals surface area contributed by atoms with Crippen molar-refractivity contribution in [2.45, 2.75) is 58.9 Å². The molecule has 136 valence electrons. The zero-order valence-electron chi connectivity index (χ0n) is 15.4. The average Bonchev–Trinajstić information content (AvgIpc) is 3.22. The normalized spacial score (nSPS) is 25.6. The highest BCUT2D eigenvalue weighted by Gasteiger charge is 2.39. The first-order chi connectivity index (χ1) is 12.0. The Kier molecular flexibility index (Phi) is 5.77. The van der Waals surface area contributed by atoms with E-state index in [-0.39, 0.29) is 17.7 Å². The second kappa shape index (κ2) is 8.03. The van der Waals surface area contributed by atoms with E-state index < -0.39 is 0 Å². The summed E-state index contributed by atoms with van der Waals surface area (Å²) in [4.78, 5) is 24.3. The summed E-state index contributed by atoms with van der Waals surface area (Å²) in [5, 5.41) is 5.99. The quantitative estimate of drug-likeness (QED) is 0.783. The third-order valence-corrected chi connectivity index (χ3v) is 6.08. The summed E-state index contributed by atoms with van der Waals surface area (Å²) in [6, 6.07) is 7.74. The van der Waals surface area contributed by atoms with Gasteiger partial charge in [0.1, 0.15) is 0 Å². The zero-order chi connectivity index (χ0) is 17.8. The lowest BCUT2D eigenvalue weighted by Gasteiger charge is -2.21. The number of rotatable bonds is 7. The van der Waals surface area contributed by atoms with E-state index in [9.17, 15) is 9.59 Å². The van der Waals surface area contributed by atoms with Crippen LogP contribution in [0.25, 0.3) is 0 Å². The summed E-state index contributed by atoms with van der Waals surface area (Å²) >= 11 is 0. The first-order valence-electron chi connectivity index (χ1n) is 9.71. The molecular formula is C21H30N2O2. The average molecular weight is 342 g/mol. The maximum atomic E-state index is 12.3. The van der Waals surface area contributed by atoms with Gasteiger partial charge in [0.25, 0.3) is 0 Å². The van der Waals surface area contributed by atoms with Crippen LogP contribution in [0, 0.1) is 23.7 Å². The molecule has 0 aromatic heterocycles. The van der Waals surface area contributed by atoms with E-state index in [0.29, 0.717) is 18.9 Å². The van der Waals surface area contributed by atoms with Gasteiger partial charge in [0.2, 0.25) is 11.8 Å². The van der Waals surface area contributed by atoms with Crippen molar-refractivity contribution in [1.82, 2.24) is 5.32 Å². The van der Waals surface area contributed by atoms with E-state index in [1.54, 1.807) is 0 Å². The lowest BCUT2D eigenvalue weighted by Crippen LogP contribution is -2.27. The number of carbonyl (C=O) groups excluding carboxylic acids is 2. The van der Waals surface area contributed by atoms with Gasteiger partial charge >= 0.3 is 0 Å². The maximum absolute atomic E-state index is 12.3. The molecule has 0 aliphatic heterocycles. The molecule has 1 aromatic rings. The van der Waals surface area contributed by atoms with Gasteiger partial charge in [-0.2, -0.15) is 0 Å². The lowest BCUT2D eigenvalue weighted by molar-refractivity contribution is -0.122. The third-order valence-electron chi connectivity index (χ3n) is 6.08. The van der Waals surface area contributed by atoms with Gasteiger partial charge in [0, 0.05) is 24.6 Å². The van der Waals surface area contributed by atoms with Gasteiger partial charge in [0.15, 0.2) is 0 Å². The molecule has 2 amide bonds. The van der Waals surface area contributed by atoms with E-state index in [0.717, 1.165) is 29.5 Å². The summed E-state index contributed by atoms with van der Waals surface area (Å²) in [7, 11) is 0. The minimum Gasteiger partial charge on any atom is -0.352 e. The Balaban J connectivity index is 1.47. The number of hydrogen-bond donors (Lipinski definition) is 2. The van der Waals surface area contributed by atoms with Crippen LogP contribution < -0.4 is 10.6 Å². The fourth-order valence-corrected chi connectivity index (χ4v) is 4.35. The zero-order valence-corrected chi connectivity index (χ0v) is 15.4. The van der Waals surface area contributed by atoms with Crippen molar-refractivity contribution in [2.24, 2.45) is 23.7 Å². The van der Waals surface area contributed by atoms with Gasteiger partial charge in [-0.25, -0.2) is 0 Å². The summed E-state index contributed by atoms with van der Waals surface area (Å²) in [6.45, 7) is 4.45. The number of amides is 2. The van der Waals surface area contributed by atoms with E-state index in [1.165, 1.54) is 25.7 Å². The minimum absolute atomic E-state index is 0.00472. The monoisotopic (exact) mass is 342 g/mol. The summed E-state index contributed by atoms with van der Waals surface area (Å²) in [5.41, 5.74) is 1.81. The molecule has 2 bridgehead atoms. The molecule has 4 heteroatoms. The molecule has 0 unspecified atom stereocenters. The Morgan fingerprint density at radius 3 is 2.76 bits per heavy atom. The molecule has 0 saturated heterocycles. The fourth-order valence-electron chi connectivity index (χ4n) is 4.35. The maximum Gasteiger partial charge on any atom is 0.227 e. The number of nitrogens with one attached hydrogen (secondary N) is 2. The van der Waals surface area contributed by atoms with Gasteiger partial charge in [-0.15, -0.1) is 0 Å². The first kappa shape index (κ1) is 18.0. The van der Waals surface area contributed by atoms with Gasteiger partial charge < -0.3 is 10.6 Å². The number of fused-ring (bicyclic) bond motifs is 2.